The number of anilines is 1. The summed E-state index contributed by atoms with van der Waals surface area (Å²) in [6, 6.07) is 1.66. The Bertz CT molecular complexity index is 447. The van der Waals surface area contributed by atoms with E-state index in [1.54, 1.807) is 19.4 Å². The van der Waals surface area contributed by atoms with Crippen LogP contribution >= 0.6 is 0 Å². The van der Waals surface area contributed by atoms with Gasteiger partial charge >= 0.3 is 0 Å². The van der Waals surface area contributed by atoms with Crippen molar-refractivity contribution in [2.24, 2.45) is 5.92 Å². The van der Waals surface area contributed by atoms with Gasteiger partial charge in [0.25, 0.3) is 0 Å². The molecule has 1 saturated carbocycles. The third kappa shape index (κ3) is 2.25. The first-order chi connectivity index (χ1) is 8.59. The third-order valence-electron chi connectivity index (χ3n) is 3.86. The van der Waals surface area contributed by atoms with Gasteiger partial charge in [-0.05, 0) is 31.2 Å². The van der Waals surface area contributed by atoms with Crippen molar-refractivity contribution in [1.82, 2.24) is 4.98 Å². The van der Waals surface area contributed by atoms with Crippen LogP contribution in [-0.4, -0.2) is 23.5 Å². The van der Waals surface area contributed by atoms with Gasteiger partial charge < -0.3 is 10.5 Å². The lowest BCUT2D eigenvalue weighted by Gasteiger charge is -2.37. The van der Waals surface area contributed by atoms with Crippen LogP contribution < -0.4 is 5.73 Å². The minimum Gasteiger partial charge on any atom is -0.398 e. The highest BCUT2D eigenvalue weighted by Crippen LogP contribution is 2.37. The lowest BCUT2D eigenvalue weighted by Crippen LogP contribution is -2.44. The second-order valence-electron chi connectivity index (χ2n) is 5.19. The number of ketones is 1. The monoisotopic (exact) mass is 248 g/mol. The second kappa shape index (κ2) is 5.06. The first-order valence-corrected chi connectivity index (χ1v) is 6.38. The normalized spacial score (nSPS) is 28.0. The van der Waals surface area contributed by atoms with E-state index in [2.05, 4.69) is 11.9 Å². The van der Waals surface area contributed by atoms with Crippen molar-refractivity contribution in [3.63, 3.8) is 0 Å². The topological polar surface area (TPSA) is 65.2 Å². The number of rotatable bonds is 3. The van der Waals surface area contributed by atoms with Crippen LogP contribution in [0.5, 0.6) is 0 Å². The Balaban J connectivity index is 2.33. The van der Waals surface area contributed by atoms with Crippen LogP contribution in [0.3, 0.4) is 0 Å². The number of nitrogen functional groups attached to an aromatic ring is 1. The summed E-state index contributed by atoms with van der Waals surface area (Å²) in [7, 11) is 1.61. The third-order valence-corrected chi connectivity index (χ3v) is 3.86. The number of pyridine rings is 1. The zero-order valence-electron chi connectivity index (χ0n) is 11.0. The highest BCUT2D eigenvalue weighted by Gasteiger charge is 2.42. The fourth-order valence-corrected chi connectivity index (χ4v) is 2.83. The zero-order valence-corrected chi connectivity index (χ0v) is 11.0. The number of ether oxygens (including phenoxy) is 1. The molecule has 0 saturated heterocycles. The largest absolute Gasteiger partial charge is 0.398 e. The number of nitrogens with two attached hydrogens (primary N) is 1. The molecule has 98 valence electrons. The Morgan fingerprint density at radius 2 is 2.39 bits per heavy atom. The van der Waals surface area contributed by atoms with Gasteiger partial charge in [-0.2, -0.15) is 0 Å². The average Bonchev–Trinajstić information content (AvgIpc) is 2.38. The van der Waals surface area contributed by atoms with Crippen LogP contribution in [-0.2, 0) is 4.74 Å². The molecule has 1 aliphatic carbocycles. The summed E-state index contributed by atoms with van der Waals surface area (Å²) in [5.74, 6) is 0.475. The van der Waals surface area contributed by atoms with E-state index in [1.807, 2.05) is 0 Å². The van der Waals surface area contributed by atoms with Gasteiger partial charge in [0.05, 0.1) is 5.56 Å². The Hall–Kier alpha value is -1.42. The smallest absolute Gasteiger partial charge is 0.198 e. The summed E-state index contributed by atoms with van der Waals surface area (Å²) in [6.07, 6.45) is 6.83. The van der Waals surface area contributed by atoms with Crippen molar-refractivity contribution in [3.05, 3.63) is 24.0 Å². The molecule has 2 atom stereocenters. The van der Waals surface area contributed by atoms with Gasteiger partial charge in [0.1, 0.15) is 5.60 Å². The Morgan fingerprint density at radius 1 is 1.61 bits per heavy atom. The van der Waals surface area contributed by atoms with E-state index in [-0.39, 0.29) is 5.78 Å². The van der Waals surface area contributed by atoms with Gasteiger partial charge in [-0.25, -0.2) is 0 Å². The molecule has 2 rings (SSSR count). The van der Waals surface area contributed by atoms with E-state index in [0.717, 1.165) is 25.7 Å². The predicted molar refractivity (Wildman–Crippen MR) is 70.4 cm³/mol. The predicted octanol–water partition coefficient (Wildman–Crippen LogP) is 2.44. The number of aromatic nitrogens is 1. The molecule has 18 heavy (non-hydrogen) atoms. The van der Waals surface area contributed by atoms with Crippen LogP contribution in [0.15, 0.2) is 18.5 Å². The van der Waals surface area contributed by atoms with Crippen LogP contribution in [0.25, 0.3) is 0 Å². The maximum atomic E-state index is 12.7. The van der Waals surface area contributed by atoms with E-state index in [0.29, 0.717) is 17.2 Å². The van der Waals surface area contributed by atoms with Crippen molar-refractivity contribution in [3.8, 4) is 0 Å². The fraction of sp³-hybridized carbons (Fsp3) is 0.571. The molecule has 1 aromatic rings. The van der Waals surface area contributed by atoms with Gasteiger partial charge in [-0.3, -0.25) is 9.78 Å². The minimum absolute atomic E-state index is 0.0258. The lowest BCUT2D eigenvalue weighted by molar-refractivity contribution is -0.0302. The Labute approximate surface area is 108 Å². The first kappa shape index (κ1) is 13.0. The number of hydrogen-bond acceptors (Lipinski definition) is 4. The van der Waals surface area contributed by atoms with Crippen molar-refractivity contribution >= 4 is 11.5 Å². The van der Waals surface area contributed by atoms with Gasteiger partial charge in [0.2, 0.25) is 0 Å². The Morgan fingerprint density at radius 3 is 3.00 bits per heavy atom. The molecule has 0 bridgehead atoms. The summed E-state index contributed by atoms with van der Waals surface area (Å²) in [5.41, 5.74) is 6.10. The minimum atomic E-state index is -0.713. The van der Waals surface area contributed by atoms with E-state index >= 15 is 0 Å². The summed E-state index contributed by atoms with van der Waals surface area (Å²) in [4.78, 5) is 16.7. The van der Waals surface area contributed by atoms with Crippen LogP contribution in [0.2, 0.25) is 0 Å². The van der Waals surface area contributed by atoms with Gasteiger partial charge in [-0.1, -0.05) is 13.3 Å². The number of carbonyl (C=O) groups is 1. The van der Waals surface area contributed by atoms with Crippen molar-refractivity contribution in [2.75, 3.05) is 12.8 Å². The maximum Gasteiger partial charge on any atom is 0.198 e. The average molecular weight is 248 g/mol. The summed E-state index contributed by atoms with van der Waals surface area (Å²) in [5, 5.41) is 0. The molecule has 4 nitrogen and oxygen atoms in total. The Kier molecular flexibility index (Phi) is 3.66. The fourth-order valence-electron chi connectivity index (χ4n) is 2.83. The summed E-state index contributed by atoms with van der Waals surface area (Å²) >= 11 is 0. The molecule has 2 N–H and O–H groups in total. The number of hydrogen-bond donors (Lipinski definition) is 1. The molecule has 4 heteroatoms. The van der Waals surface area contributed by atoms with E-state index in [9.17, 15) is 4.79 Å². The summed E-state index contributed by atoms with van der Waals surface area (Å²) in [6.45, 7) is 2.16. The molecule has 0 aromatic carbocycles. The van der Waals surface area contributed by atoms with Gasteiger partial charge in [-0.15, -0.1) is 0 Å². The molecule has 0 amide bonds. The molecule has 0 spiro atoms. The van der Waals surface area contributed by atoms with Crippen LogP contribution in [0, 0.1) is 5.92 Å². The summed E-state index contributed by atoms with van der Waals surface area (Å²) < 4.78 is 5.59. The molecular formula is C14H20N2O2. The number of methoxy groups -OCH3 is 1. The maximum absolute atomic E-state index is 12.7. The lowest BCUT2D eigenvalue weighted by atomic mass is 9.75. The zero-order chi connectivity index (χ0) is 13.2. The van der Waals surface area contributed by atoms with Crippen LogP contribution in [0.1, 0.15) is 43.0 Å². The van der Waals surface area contributed by atoms with Crippen molar-refractivity contribution in [2.45, 2.75) is 38.2 Å². The molecule has 2 unspecified atom stereocenters. The number of Topliss-reactive ketones (excluding diaryl/α,β-unsaturated/α-hetero) is 1. The number of nitrogens with zero attached hydrogens (tertiary/aromatic N) is 1. The molecule has 0 aliphatic heterocycles. The van der Waals surface area contributed by atoms with E-state index in [1.165, 1.54) is 6.20 Å². The van der Waals surface area contributed by atoms with E-state index < -0.39 is 5.60 Å². The van der Waals surface area contributed by atoms with Crippen molar-refractivity contribution in [1.29, 1.82) is 0 Å². The van der Waals surface area contributed by atoms with Crippen molar-refractivity contribution < 1.29 is 9.53 Å². The standard InChI is InChI=1S/C14H20N2O2/c1-10-4-3-6-14(8-10,18-2)13(17)11-9-16-7-5-12(11)15/h5,7,9-10H,3-4,6,8H2,1-2H3,(H2,15,16). The highest BCUT2D eigenvalue weighted by atomic mass is 16.5. The quantitative estimate of drug-likeness (QED) is 0.834. The molecule has 0 radical (unpaired) electrons. The van der Waals surface area contributed by atoms with Gasteiger partial charge in [0, 0.05) is 25.2 Å². The van der Waals surface area contributed by atoms with E-state index in [4.69, 9.17) is 10.5 Å². The van der Waals surface area contributed by atoms with Gasteiger partial charge in [0.15, 0.2) is 5.78 Å². The molecule has 1 aromatic heterocycles. The second-order valence-corrected chi connectivity index (χ2v) is 5.19. The molecular weight excluding hydrogens is 228 g/mol. The first-order valence-electron chi connectivity index (χ1n) is 6.38. The highest BCUT2D eigenvalue weighted by molar-refractivity contribution is 6.06. The van der Waals surface area contributed by atoms with Crippen LogP contribution in [0.4, 0.5) is 5.69 Å². The molecule has 1 fully saturated rings. The molecule has 1 heterocycles. The SMILES string of the molecule is COC1(C(=O)c2cnccc2N)CCCC(C)C1. The number of carbonyl (C=O) groups excluding carboxylic acids is 1. The molecule has 1 aliphatic rings.